The van der Waals surface area contributed by atoms with Crippen molar-refractivity contribution in [1.82, 2.24) is 4.31 Å². The zero-order valence-electron chi connectivity index (χ0n) is 13.4. The first kappa shape index (κ1) is 17.8. The maximum absolute atomic E-state index is 12.9. The minimum absolute atomic E-state index is 0.235. The van der Waals surface area contributed by atoms with Crippen LogP contribution in [0, 0.1) is 0 Å². The Morgan fingerprint density at radius 1 is 1.17 bits per heavy atom. The van der Waals surface area contributed by atoms with Gasteiger partial charge in [0, 0.05) is 17.6 Å². The molecule has 0 saturated heterocycles. The van der Waals surface area contributed by atoms with Crippen molar-refractivity contribution in [2.75, 3.05) is 13.7 Å². The van der Waals surface area contributed by atoms with Crippen molar-refractivity contribution in [2.24, 2.45) is 0 Å². The molecule has 0 saturated carbocycles. The largest absolute Gasteiger partial charge is 0.497 e. The highest BCUT2D eigenvalue weighted by molar-refractivity contribution is 7.89. The van der Waals surface area contributed by atoms with Crippen LogP contribution in [-0.2, 0) is 10.0 Å². The predicted molar refractivity (Wildman–Crippen MR) is 92.4 cm³/mol. The molecule has 0 spiro atoms. The molecule has 0 aromatic heterocycles. The molecule has 2 aromatic carbocycles. The van der Waals surface area contributed by atoms with Crippen molar-refractivity contribution >= 4 is 21.6 Å². The van der Waals surface area contributed by atoms with Crippen LogP contribution in [0.25, 0.3) is 0 Å². The molecular formula is C17H20ClNO3S. The topological polar surface area (TPSA) is 46.6 Å². The Kier molecular flexibility index (Phi) is 5.68. The number of methoxy groups -OCH3 is 1. The molecule has 0 aliphatic rings. The van der Waals surface area contributed by atoms with Crippen molar-refractivity contribution in [2.45, 2.75) is 24.8 Å². The van der Waals surface area contributed by atoms with Crippen molar-refractivity contribution in [1.29, 1.82) is 0 Å². The Bertz CT molecular complexity index is 760. The van der Waals surface area contributed by atoms with Gasteiger partial charge in [-0.25, -0.2) is 8.42 Å². The molecule has 6 heteroatoms. The van der Waals surface area contributed by atoms with Gasteiger partial charge in [-0.1, -0.05) is 30.7 Å². The summed E-state index contributed by atoms with van der Waals surface area (Å²) in [6, 6.07) is 13.3. The Labute approximate surface area is 142 Å². The summed E-state index contributed by atoms with van der Waals surface area (Å²) < 4.78 is 32.5. The standard InChI is InChI=1S/C17H20ClNO3S/c1-4-19(13(2)14-6-5-7-16(12-14)22-3)23(20,21)17-10-8-15(18)9-11-17/h5-13H,4H2,1-3H3. The molecule has 0 bridgehead atoms. The van der Waals surface area contributed by atoms with Crippen LogP contribution in [0.2, 0.25) is 5.02 Å². The van der Waals surface area contributed by atoms with Crippen LogP contribution < -0.4 is 4.74 Å². The minimum atomic E-state index is -3.60. The van der Waals surface area contributed by atoms with Crippen molar-refractivity contribution in [3.8, 4) is 5.75 Å². The quantitative estimate of drug-likeness (QED) is 0.784. The van der Waals surface area contributed by atoms with Crippen LogP contribution in [0.15, 0.2) is 53.4 Å². The van der Waals surface area contributed by atoms with E-state index >= 15 is 0 Å². The number of hydrogen-bond acceptors (Lipinski definition) is 3. The van der Waals surface area contributed by atoms with Gasteiger partial charge in [-0.05, 0) is 48.9 Å². The third kappa shape index (κ3) is 3.86. The van der Waals surface area contributed by atoms with E-state index < -0.39 is 10.0 Å². The highest BCUT2D eigenvalue weighted by atomic mass is 35.5. The second-order valence-corrected chi connectivity index (χ2v) is 7.44. The van der Waals surface area contributed by atoms with Crippen LogP contribution in [0.1, 0.15) is 25.5 Å². The zero-order chi connectivity index (χ0) is 17.0. The molecule has 0 heterocycles. The first-order valence-electron chi connectivity index (χ1n) is 7.31. The lowest BCUT2D eigenvalue weighted by Gasteiger charge is -2.27. The molecule has 0 aliphatic carbocycles. The third-order valence-corrected chi connectivity index (χ3v) is 6.05. The van der Waals surface area contributed by atoms with Gasteiger partial charge in [0.15, 0.2) is 0 Å². The maximum Gasteiger partial charge on any atom is 0.243 e. The fourth-order valence-corrected chi connectivity index (χ4v) is 4.22. The number of ether oxygens (including phenoxy) is 1. The highest BCUT2D eigenvalue weighted by Crippen LogP contribution is 2.29. The summed E-state index contributed by atoms with van der Waals surface area (Å²) >= 11 is 5.84. The summed E-state index contributed by atoms with van der Waals surface area (Å²) in [5.41, 5.74) is 0.878. The van der Waals surface area contributed by atoms with E-state index in [-0.39, 0.29) is 10.9 Å². The average molecular weight is 354 g/mol. The van der Waals surface area contributed by atoms with Gasteiger partial charge in [0.1, 0.15) is 5.75 Å². The number of benzene rings is 2. The average Bonchev–Trinajstić information content (AvgIpc) is 2.55. The number of nitrogens with zero attached hydrogens (tertiary/aromatic N) is 1. The summed E-state index contributed by atoms with van der Waals surface area (Å²) in [6.07, 6.45) is 0. The second-order valence-electron chi connectivity index (χ2n) is 5.11. The van der Waals surface area contributed by atoms with Crippen LogP contribution in [0.3, 0.4) is 0 Å². The molecule has 23 heavy (non-hydrogen) atoms. The van der Waals surface area contributed by atoms with Gasteiger partial charge in [0.05, 0.1) is 12.0 Å². The van der Waals surface area contributed by atoms with E-state index in [1.807, 2.05) is 38.1 Å². The number of halogens is 1. The fourth-order valence-electron chi connectivity index (χ4n) is 2.46. The van der Waals surface area contributed by atoms with Crippen molar-refractivity contribution in [3.63, 3.8) is 0 Å². The summed E-state index contributed by atoms with van der Waals surface area (Å²) in [4.78, 5) is 0.235. The van der Waals surface area contributed by atoms with E-state index in [2.05, 4.69) is 0 Å². The Morgan fingerprint density at radius 3 is 2.39 bits per heavy atom. The van der Waals surface area contributed by atoms with E-state index in [0.717, 1.165) is 5.56 Å². The first-order chi connectivity index (χ1) is 10.9. The first-order valence-corrected chi connectivity index (χ1v) is 9.13. The van der Waals surface area contributed by atoms with Gasteiger partial charge in [-0.15, -0.1) is 0 Å². The Hall–Kier alpha value is -1.56. The Balaban J connectivity index is 2.39. The van der Waals surface area contributed by atoms with E-state index in [9.17, 15) is 8.42 Å². The van der Waals surface area contributed by atoms with Crippen LogP contribution in [0.4, 0.5) is 0 Å². The van der Waals surface area contributed by atoms with Gasteiger partial charge in [-0.2, -0.15) is 4.31 Å². The molecule has 0 fully saturated rings. The van der Waals surface area contributed by atoms with E-state index in [0.29, 0.717) is 17.3 Å². The lowest BCUT2D eigenvalue weighted by Crippen LogP contribution is -2.33. The molecule has 1 atom stereocenters. The molecule has 0 aliphatic heterocycles. The van der Waals surface area contributed by atoms with Gasteiger partial charge in [-0.3, -0.25) is 0 Å². The molecule has 2 rings (SSSR count). The molecular weight excluding hydrogens is 334 g/mol. The van der Waals surface area contributed by atoms with Gasteiger partial charge in [0.2, 0.25) is 10.0 Å². The van der Waals surface area contributed by atoms with Crippen LogP contribution >= 0.6 is 11.6 Å². The highest BCUT2D eigenvalue weighted by Gasteiger charge is 2.28. The van der Waals surface area contributed by atoms with Crippen molar-refractivity contribution in [3.05, 3.63) is 59.1 Å². The molecule has 0 N–H and O–H groups in total. The minimum Gasteiger partial charge on any atom is -0.497 e. The maximum atomic E-state index is 12.9. The van der Waals surface area contributed by atoms with E-state index in [1.54, 1.807) is 19.2 Å². The molecule has 1 unspecified atom stereocenters. The lowest BCUT2D eigenvalue weighted by atomic mass is 10.1. The SMILES string of the molecule is CCN(C(C)c1cccc(OC)c1)S(=O)(=O)c1ccc(Cl)cc1. The predicted octanol–water partition coefficient (Wildman–Crippen LogP) is 4.12. The molecule has 2 aromatic rings. The van der Waals surface area contributed by atoms with Gasteiger partial charge >= 0.3 is 0 Å². The monoisotopic (exact) mass is 353 g/mol. The molecule has 124 valence electrons. The number of hydrogen-bond donors (Lipinski definition) is 0. The summed E-state index contributed by atoms with van der Waals surface area (Å²) in [7, 11) is -2.01. The second kappa shape index (κ2) is 7.34. The van der Waals surface area contributed by atoms with E-state index in [1.165, 1.54) is 16.4 Å². The summed E-state index contributed by atoms with van der Waals surface area (Å²) in [6.45, 7) is 4.05. The van der Waals surface area contributed by atoms with Gasteiger partial charge in [0.25, 0.3) is 0 Å². The third-order valence-electron chi connectivity index (χ3n) is 3.74. The zero-order valence-corrected chi connectivity index (χ0v) is 14.9. The molecule has 0 amide bonds. The van der Waals surface area contributed by atoms with Crippen molar-refractivity contribution < 1.29 is 13.2 Å². The van der Waals surface area contributed by atoms with E-state index in [4.69, 9.17) is 16.3 Å². The van der Waals surface area contributed by atoms with Crippen LogP contribution in [-0.4, -0.2) is 26.4 Å². The molecule has 0 radical (unpaired) electrons. The summed E-state index contributed by atoms with van der Waals surface area (Å²) in [5, 5.41) is 0.507. The number of sulfonamides is 1. The van der Waals surface area contributed by atoms with Crippen LogP contribution in [0.5, 0.6) is 5.75 Å². The smallest absolute Gasteiger partial charge is 0.243 e. The lowest BCUT2D eigenvalue weighted by molar-refractivity contribution is 0.354. The van der Waals surface area contributed by atoms with Gasteiger partial charge < -0.3 is 4.74 Å². The number of rotatable bonds is 6. The molecule has 4 nitrogen and oxygen atoms in total. The Morgan fingerprint density at radius 2 is 1.83 bits per heavy atom. The summed E-state index contributed by atoms with van der Waals surface area (Å²) in [5.74, 6) is 0.703. The fraction of sp³-hybridized carbons (Fsp3) is 0.294. The normalized spacial score (nSPS) is 13.1.